The van der Waals surface area contributed by atoms with Crippen molar-refractivity contribution >= 4 is 5.69 Å². The van der Waals surface area contributed by atoms with Gasteiger partial charge in [-0.15, -0.1) is 0 Å². The summed E-state index contributed by atoms with van der Waals surface area (Å²) in [6, 6.07) is 8.89. The molecule has 0 aliphatic heterocycles. The fourth-order valence-electron chi connectivity index (χ4n) is 2.47. The number of nitrogens with zero attached hydrogens (tertiary/aromatic N) is 1. The highest BCUT2D eigenvalue weighted by atomic mass is 15.1. The number of unbranched alkanes of at least 4 members (excludes halogenated alkanes) is 5. The molecule has 114 valence electrons. The number of hydrogen-bond donors (Lipinski definition) is 1. The predicted octanol–water partition coefficient (Wildman–Crippen LogP) is 4.84. The first-order valence-corrected chi connectivity index (χ1v) is 8.22. The van der Waals surface area contributed by atoms with Gasteiger partial charge >= 0.3 is 0 Å². The van der Waals surface area contributed by atoms with E-state index in [1.54, 1.807) is 0 Å². The van der Waals surface area contributed by atoms with Gasteiger partial charge in [-0.25, -0.2) is 0 Å². The van der Waals surface area contributed by atoms with Crippen molar-refractivity contribution in [2.45, 2.75) is 71.9 Å². The van der Waals surface area contributed by atoms with Crippen LogP contribution in [0.5, 0.6) is 0 Å². The van der Waals surface area contributed by atoms with Gasteiger partial charge < -0.3 is 5.73 Å². The molecule has 0 radical (unpaired) electrons. The maximum absolute atomic E-state index is 5.74. The summed E-state index contributed by atoms with van der Waals surface area (Å²) in [6.45, 7) is 9.08. The predicted molar refractivity (Wildman–Crippen MR) is 89.8 cm³/mol. The standard InChI is InChI=1S/C18H32N2/c1-4-5-6-7-8-9-14-20(16(2)3)15-17-10-12-18(19)13-11-17/h10-13,16H,4-9,14-15,19H2,1-3H3. The molecule has 0 amide bonds. The zero-order valence-electron chi connectivity index (χ0n) is 13.6. The summed E-state index contributed by atoms with van der Waals surface area (Å²) in [6.07, 6.45) is 8.19. The minimum atomic E-state index is 0.600. The van der Waals surface area contributed by atoms with Crippen LogP contribution in [0.2, 0.25) is 0 Å². The first kappa shape index (κ1) is 17.0. The van der Waals surface area contributed by atoms with E-state index >= 15 is 0 Å². The van der Waals surface area contributed by atoms with Gasteiger partial charge in [0, 0.05) is 18.3 Å². The second-order valence-electron chi connectivity index (χ2n) is 6.07. The molecule has 0 unspecified atom stereocenters. The summed E-state index contributed by atoms with van der Waals surface area (Å²) in [5.41, 5.74) is 7.95. The summed E-state index contributed by atoms with van der Waals surface area (Å²) in [7, 11) is 0. The number of rotatable bonds is 10. The molecule has 2 nitrogen and oxygen atoms in total. The summed E-state index contributed by atoms with van der Waals surface area (Å²) in [5, 5.41) is 0. The lowest BCUT2D eigenvalue weighted by Crippen LogP contribution is -2.31. The molecule has 0 fully saturated rings. The molecular formula is C18H32N2. The first-order chi connectivity index (χ1) is 9.63. The molecule has 0 spiro atoms. The molecule has 20 heavy (non-hydrogen) atoms. The van der Waals surface area contributed by atoms with Crippen LogP contribution < -0.4 is 5.73 Å². The average molecular weight is 276 g/mol. The highest BCUT2D eigenvalue weighted by Crippen LogP contribution is 2.13. The van der Waals surface area contributed by atoms with Crippen molar-refractivity contribution in [1.29, 1.82) is 0 Å². The average Bonchev–Trinajstić information content (AvgIpc) is 2.43. The van der Waals surface area contributed by atoms with E-state index in [9.17, 15) is 0 Å². The van der Waals surface area contributed by atoms with Crippen molar-refractivity contribution in [3.63, 3.8) is 0 Å². The fraction of sp³-hybridized carbons (Fsp3) is 0.667. The normalized spacial score (nSPS) is 11.4. The molecule has 0 bridgehead atoms. The summed E-state index contributed by atoms with van der Waals surface area (Å²) < 4.78 is 0. The molecular weight excluding hydrogens is 244 g/mol. The van der Waals surface area contributed by atoms with Crippen molar-refractivity contribution in [3.8, 4) is 0 Å². The SMILES string of the molecule is CCCCCCCCN(Cc1ccc(N)cc1)C(C)C. The fourth-order valence-corrected chi connectivity index (χ4v) is 2.47. The highest BCUT2D eigenvalue weighted by molar-refractivity contribution is 5.39. The molecule has 0 aliphatic rings. The van der Waals surface area contributed by atoms with Gasteiger partial charge in [0.25, 0.3) is 0 Å². The zero-order chi connectivity index (χ0) is 14.8. The van der Waals surface area contributed by atoms with Crippen molar-refractivity contribution in [1.82, 2.24) is 4.90 Å². The van der Waals surface area contributed by atoms with E-state index in [0.29, 0.717) is 6.04 Å². The van der Waals surface area contributed by atoms with Crippen LogP contribution in [0.25, 0.3) is 0 Å². The lowest BCUT2D eigenvalue weighted by Gasteiger charge is -2.26. The Bertz CT molecular complexity index is 343. The second-order valence-corrected chi connectivity index (χ2v) is 6.07. The number of anilines is 1. The van der Waals surface area contributed by atoms with Gasteiger partial charge in [0.1, 0.15) is 0 Å². The summed E-state index contributed by atoms with van der Waals surface area (Å²) >= 11 is 0. The first-order valence-electron chi connectivity index (χ1n) is 8.22. The molecule has 0 saturated carbocycles. The molecule has 0 heterocycles. The van der Waals surface area contributed by atoms with E-state index in [2.05, 4.69) is 37.8 Å². The van der Waals surface area contributed by atoms with E-state index in [1.165, 1.54) is 50.6 Å². The van der Waals surface area contributed by atoms with Crippen molar-refractivity contribution in [3.05, 3.63) is 29.8 Å². The molecule has 1 aromatic carbocycles. The van der Waals surface area contributed by atoms with Crippen LogP contribution in [0.15, 0.2) is 24.3 Å². The van der Waals surface area contributed by atoms with Crippen LogP contribution in [0.1, 0.15) is 64.9 Å². The van der Waals surface area contributed by atoms with Gasteiger partial charge in [0.05, 0.1) is 0 Å². The monoisotopic (exact) mass is 276 g/mol. The zero-order valence-corrected chi connectivity index (χ0v) is 13.6. The summed E-state index contributed by atoms with van der Waals surface area (Å²) in [5.74, 6) is 0. The van der Waals surface area contributed by atoms with E-state index in [1.807, 2.05) is 12.1 Å². The van der Waals surface area contributed by atoms with E-state index in [0.717, 1.165) is 12.2 Å². The summed E-state index contributed by atoms with van der Waals surface area (Å²) in [4.78, 5) is 2.56. The minimum Gasteiger partial charge on any atom is -0.399 e. The topological polar surface area (TPSA) is 29.3 Å². The van der Waals surface area contributed by atoms with Crippen LogP contribution in [0.4, 0.5) is 5.69 Å². The third-order valence-corrected chi connectivity index (χ3v) is 3.89. The quantitative estimate of drug-likeness (QED) is 0.489. The molecule has 0 aromatic heterocycles. The van der Waals surface area contributed by atoms with Gasteiger partial charge in [0.15, 0.2) is 0 Å². The molecule has 0 aliphatic carbocycles. The van der Waals surface area contributed by atoms with E-state index in [4.69, 9.17) is 5.73 Å². The van der Waals surface area contributed by atoms with Gasteiger partial charge in [-0.3, -0.25) is 4.90 Å². The number of nitrogen functional groups attached to an aromatic ring is 1. The smallest absolute Gasteiger partial charge is 0.0314 e. The van der Waals surface area contributed by atoms with Crippen LogP contribution in [0.3, 0.4) is 0 Å². The Morgan fingerprint density at radius 1 is 0.950 bits per heavy atom. The Labute approximate surface area is 125 Å². The van der Waals surface area contributed by atoms with Gasteiger partial charge in [0.2, 0.25) is 0 Å². The molecule has 2 heteroatoms. The van der Waals surface area contributed by atoms with Gasteiger partial charge in [-0.1, -0.05) is 51.2 Å². The molecule has 1 aromatic rings. The Morgan fingerprint density at radius 3 is 2.15 bits per heavy atom. The maximum Gasteiger partial charge on any atom is 0.0314 e. The van der Waals surface area contributed by atoms with Crippen molar-refractivity contribution in [2.24, 2.45) is 0 Å². The van der Waals surface area contributed by atoms with Gasteiger partial charge in [-0.05, 0) is 44.5 Å². The Hall–Kier alpha value is -1.02. The van der Waals surface area contributed by atoms with Crippen LogP contribution in [-0.4, -0.2) is 17.5 Å². The van der Waals surface area contributed by atoms with Gasteiger partial charge in [-0.2, -0.15) is 0 Å². The van der Waals surface area contributed by atoms with Crippen molar-refractivity contribution < 1.29 is 0 Å². The van der Waals surface area contributed by atoms with Crippen LogP contribution in [-0.2, 0) is 6.54 Å². The second kappa shape index (κ2) is 9.82. The third kappa shape index (κ3) is 6.95. The van der Waals surface area contributed by atoms with Crippen LogP contribution >= 0.6 is 0 Å². The third-order valence-electron chi connectivity index (χ3n) is 3.89. The minimum absolute atomic E-state index is 0.600. The molecule has 0 atom stereocenters. The highest BCUT2D eigenvalue weighted by Gasteiger charge is 2.09. The lowest BCUT2D eigenvalue weighted by molar-refractivity contribution is 0.208. The Morgan fingerprint density at radius 2 is 1.55 bits per heavy atom. The largest absolute Gasteiger partial charge is 0.399 e. The molecule has 1 rings (SSSR count). The molecule has 0 saturated heterocycles. The van der Waals surface area contributed by atoms with E-state index < -0.39 is 0 Å². The Balaban J connectivity index is 2.31. The van der Waals surface area contributed by atoms with Crippen LogP contribution in [0, 0.1) is 0 Å². The molecule has 2 N–H and O–H groups in total. The number of benzene rings is 1. The number of hydrogen-bond acceptors (Lipinski definition) is 2. The van der Waals surface area contributed by atoms with E-state index in [-0.39, 0.29) is 0 Å². The maximum atomic E-state index is 5.74. The number of nitrogens with two attached hydrogens (primary N) is 1. The van der Waals surface area contributed by atoms with Crippen molar-refractivity contribution in [2.75, 3.05) is 12.3 Å². The Kier molecular flexibility index (Phi) is 8.36. The lowest BCUT2D eigenvalue weighted by atomic mass is 10.1.